The largest absolute Gasteiger partial charge is 0.381 e. The Kier molecular flexibility index (Phi) is 4.13. The van der Waals surface area contributed by atoms with Gasteiger partial charge in [-0.3, -0.25) is 0 Å². The Morgan fingerprint density at radius 2 is 2.06 bits per heavy atom. The van der Waals surface area contributed by atoms with Crippen molar-refractivity contribution in [3.05, 3.63) is 34.6 Å². The molecule has 17 heavy (non-hydrogen) atoms. The zero-order valence-electron chi connectivity index (χ0n) is 10.6. The lowest BCUT2D eigenvalue weighted by molar-refractivity contribution is 0.185. The molecule has 1 atom stereocenters. The summed E-state index contributed by atoms with van der Waals surface area (Å²) in [4.78, 5) is 0. The zero-order chi connectivity index (χ0) is 12.3. The van der Waals surface area contributed by atoms with Gasteiger partial charge in [0.05, 0.1) is 6.61 Å². The van der Waals surface area contributed by atoms with Crippen molar-refractivity contribution in [3.63, 3.8) is 0 Å². The van der Waals surface area contributed by atoms with Gasteiger partial charge in [0, 0.05) is 19.7 Å². The molecular formula is C14H20FNO. The number of nitrogens with one attached hydrogen (secondary N) is 1. The molecular weight excluding hydrogens is 217 g/mol. The van der Waals surface area contributed by atoms with Gasteiger partial charge in [-0.15, -0.1) is 0 Å². The lowest BCUT2D eigenvalue weighted by Crippen LogP contribution is -2.22. The highest BCUT2D eigenvalue weighted by Gasteiger charge is 2.14. The monoisotopic (exact) mass is 237 g/mol. The summed E-state index contributed by atoms with van der Waals surface area (Å²) in [6.07, 6.45) is 1.15. The number of hydrogen-bond acceptors (Lipinski definition) is 2. The number of rotatable bonds is 4. The Bertz CT molecular complexity index is 363. The topological polar surface area (TPSA) is 21.3 Å². The summed E-state index contributed by atoms with van der Waals surface area (Å²) in [5, 5.41) is 3.42. The van der Waals surface area contributed by atoms with Crippen molar-refractivity contribution in [1.82, 2.24) is 5.32 Å². The quantitative estimate of drug-likeness (QED) is 0.869. The third-order valence-electron chi connectivity index (χ3n) is 3.28. The Hall–Kier alpha value is -0.930. The van der Waals surface area contributed by atoms with Crippen molar-refractivity contribution in [3.8, 4) is 0 Å². The van der Waals surface area contributed by atoms with Crippen LogP contribution in [0, 0.1) is 25.6 Å². The van der Waals surface area contributed by atoms with Gasteiger partial charge in [0.1, 0.15) is 5.82 Å². The first-order valence-electron chi connectivity index (χ1n) is 6.21. The van der Waals surface area contributed by atoms with Crippen LogP contribution >= 0.6 is 0 Å². The van der Waals surface area contributed by atoms with E-state index < -0.39 is 0 Å². The van der Waals surface area contributed by atoms with E-state index >= 15 is 0 Å². The normalized spacial score (nSPS) is 19.8. The van der Waals surface area contributed by atoms with Crippen LogP contribution in [0.3, 0.4) is 0 Å². The van der Waals surface area contributed by atoms with Crippen molar-refractivity contribution >= 4 is 0 Å². The van der Waals surface area contributed by atoms with Crippen molar-refractivity contribution in [2.75, 3.05) is 19.8 Å². The van der Waals surface area contributed by atoms with Gasteiger partial charge in [0.2, 0.25) is 0 Å². The number of benzene rings is 1. The van der Waals surface area contributed by atoms with E-state index in [0.29, 0.717) is 5.92 Å². The predicted octanol–water partition coefficient (Wildman–Crippen LogP) is 2.57. The van der Waals surface area contributed by atoms with Crippen LogP contribution in [0.4, 0.5) is 4.39 Å². The fourth-order valence-electron chi connectivity index (χ4n) is 2.30. The minimum Gasteiger partial charge on any atom is -0.381 e. The molecule has 2 nitrogen and oxygen atoms in total. The molecule has 0 spiro atoms. The Balaban J connectivity index is 1.86. The number of aryl methyl sites for hydroxylation is 2. The fraction of sp³-hybridized carbons (Fsp3) is 0.571. The van der Waals surface area contributed by atoms with Gasteiger partial charge in [0.25, 0.3) is 0 Å². The molecule has 1 heterocycles. The molecule has 1 N–H and O–H groups in total. The molecule has 1 aromatic carbocycles. The van der Waals surface area contributed by atoms with Crippen molar-refractivity contribution in [2.24, 2.45) is 5.92 Å². The second kappa shape index (κ2) is 5.61. The highest BCUT2D eigenvalue weighted by atomic mass is 19.1. The van der Waals surface area contributed by atoms with E-state index in [1.807, 2.05) is 26.0 Å². The first-order chi connectivity index (χ1) is 8.16. The maximum Gasteiger partial charge on any atom is 0.129 e. The molecule has 1 fully saturated rings. The summed E-state index contributed by atoms with van der Waals surface area (Å²) < 4.78 is 18.8. The van der Waals surface area contributed by atoms with Crippen molar-refractivity contribution < 1.29 is 9.13 Å². The van der Waals surface area contributed by atoms with Crippen LogP contribution in [0.15, 0.2) is 12.1 Å². The summed E-state index contributed by atoms with van der Waals surface area (Å²) >= 11 is 0. The average molecular weight is 237 g/mol. The highest BCUT2D eigenvalue weighted by Crippen LogP contribution is 2.15. The molecule has 1 aromatic rings. The summed E-state index contributed by atoms with van der Waals surface area (Å²) in [6, 6.07) is 3.83. The van der Waals surface area contributed by atoms with Gasteiger partial charge in [-0.1, -0.05) is 12.1 Å². The second-order valence-electron chi connectivity index (χ2n) is 4.90. The van der Waals surface area contributed by atoms with E-state index in [1.165, 1.54) is 0 Å². The molecule has 2 rings (SSSR count). The SMILES string of the molecule is Cc1cc(CNCC2CCOC2)cc(C)c1F. The van der Waals surface area contributed by atoms with E-state index in [-0.39, 0.29) is 5.82 Å². The van der Waals surface area contributed by atoms with Crippen LogP contribution in [-0.4, -0.2) is 19.8 Å². The Morgan fingerprint density at radius 3 is 2.65 bits per heavy atom. The van der Waals surface area contributed by atoms with Crippen LogP contribution in [0.1, 0.15) is 23.1 Å². The van der Waals surface area contributed by atoms with E-state index in [0.717, 1.165) is 49.4 Å². The molecule has 0 saturated carbocycles. The van der Waals surface area contributed by atoms with Gasteiger partial charge in [-0.25, -0.2) is 4.39 Å². The van der Waals surface area contributed by atoms with Crippen LogP contribution in [0.25, 0.3) is 0 Å². The molecule has 1 unspecified atom stereocenters. The van der Waals surface area contributed by atoms with Gasteiger partial charge in [-0.2, -0.15) is 0 Å². The molecule has 1 aliphatic heterocycles. The lowest BCUT2D eigenvalue weighted by Gasteiger charge is -2.11. The lowest BCUT2D eigenvalue weighted by atomic mass is 10.1. The number of ether oxygens (including phenoxy) is 1. The maximum absolute atomic E-state index is 13.4. The molecule has 0 bridgehead atoms. The molecule has 0 amide bonds. The van der Waals surface area contributed by atoms with Gasteiger partial charge >= 0.3 is 0 Å². The van der Waals surface area contributed by atoms with Gasteiger partial charge in [-0.05, 0) is 42.9 Å². The third-order valence-corrected chi connectivity index (χ3v) is 3.28. The fourth-order valence-corrected chi connectivity index (χ4v) is 2.30. The molecule has 1 saturated heterocycles. The Morgan fingerprint density at radius 1 is 1.35 bits per heavy atom. The third kappa shape index (κ3) is 3.27. The van der Waals surface area contributed by atoms with Crippen LogP contribution in [0.5, 0.6) is 0 Å². The molecule has 0 aliphatic carbocycles. The molecule has 0 aromatic heterocycles. The minimum absolute atomic E-state index is 0.0852. The Labute approximate surface area is 102 Å². The first kappa shape index (κ1) is 12.5. The zero-order valence-corrected chi connectivity index (χ0v) is 10.6. The van der Waals surface area contributed by atoms with Crippen molar-refractivity contribution in [2.45, 2.75) is 26.8 Å². The van der Waals surface area contributed by atoms with Crippen LogP contribution in [-0.2, 0) is 11.3 Å². The van der Waals surface area contributed by atoms with Crippen molar-refractivity contribution in [1.29, 1.82) is 0 Å². The van der Waals surface area contributed by atoms with Crippen LogP contribution in [0.2, 0.25) is 0 Å². The smallest absolute Gasteiger partial charge is 0.129 e. The summed E-state index contributed by atoms with van der Waals surface area (Å²) in [7, 11) is 0. The number of halogens is 1. The van der Waals surface area contributed by atoms with Gasteiger partial charge < -0.3 is 10.1 Å². The molecule has 3 heteroatoms. The van der Waals surface area contributed by atoms with E-state index in [9.17, 15) is 4.39 Å². The molecule has 94 valence electrons. The summed E-state index contributed by atoms with van der Waals surface area (Å²) in [6.45, 7) is 7.18. The van der Waals surface area contributed by atoms with Crippen LogP contribution < -0.4 is 5.32 Å². The standard InChI is InChI=1S/C14H20FNO/c1-10-5-13(6-11(2)14(10)15)8-16-7-12-3-4-17-9-12/h5-6,12,16H,3-4,7-9H2,1-2H3. The van der Waals surface area contributed by atoms with E-state index in [4.69, 9.17) is 4.74 Å². The number of hydrogen-bond donors (Lipinski definition) is 1. The van der Waals surface area contributed by atoms with E-state index in [1.54, 1.807) is 0 Å². The summed E-state index contributed by atoms with van der Waals surface area (Å²) in [5.74, 6) is 0.551. The second-order valence-corrected chi connectivity index (χ2v) is 4.90. The predicted molar refractivity (Wildman–Crippen MR) is 66.5 cm³/mol. The maximum atomic E-state index is 13.4. The average Bonchev–Trinajstić information content (AvgIpc) is 2.79. The minimum atomic E-state index is -0.0852. The molecule has 0 radical (unpaired) electrons. The first-order valence-corrected chi connectivity index (χ1v) is 6.21. The summed E-state index contributed by atoms with van der Waals surface area (Å²) in [5.41, 5.74) is 2.61. The van der Waals surface area contributed by atoms with E-state index in [2.05, 4.69) is 5.32 Å². The van der Waals surface area contributed by atoms with Gasteiger partial charge in [0.15, 0.2) is 0 Å². The highest BCUT2D eigenvalue weighted by molar-refractivity contribution is 5.30. The molecule has 1 aliphatic rings.